The van der Waals surface area contributed by atoms with E-state index < -0.39 is 16.1 Å². The molecule has 0 fully saturated rings. The van der Waals surface area contributed by atoms with Crippen LogP contribution in [-0.4, -0.2) is 30.2 Å². The summed E-state index contributed by atoms with van der Waals surface area (Å²) in [5.41, 5.74) is 1.04. The number of ether oxygens (including phenoxy) is 1. The van der Waals surface area contributed by atoms with Crippen LogP contribution in [-0.2, 0) is 17.1 Å². The summed E-state index contributed by atoms with van der Waals surface area (Å²) in [6.07, 6.45) is 3.38. The van der Waals surface area contributed by atoms with Gasteiger partial charge in [-0.25, -0.2) is 13.4 Å². The van der Waals surface area contributed by atoms with Gasteiger partial charge in [0.05, 0.1) is 7.11 Å². The van der Waals surface area contributed by atoms with Gasteiger partial charge in [-0.3, -0.25) is 0 Å². The van der Waals surface area contributed by atoms with Crippen molar-refractivity contribution in [2.45, 2.75) is 24.8 Å². The van der Waals surface area contributed by atoms with E-state index >= 15 is 0 Å². The van der Waals surface area contributed by atoms with E-state index in [1.54, 1.807) is 62.2 Å². The minimum atomic E-state index is -3.87. The first-order valence-corrected chi connectivity index (χ1v) is 9.38. The van der Waals surface area contributed by atoms with Gasteiger partial charge in [-0.1, -0.05) is 17.3 Å². The highest BCUT2D eigenvalue weighted by Gasteiger charge is 2.30. The third-order valence-electron chi connectivity index (χ3n) is 4.08. The minimum Gasteiger partial charge on any atom is -0.497 e. The average molecular weight is 376 g/mol. The molecule has 26 heavy (non-hydrogen) atoms. The molecule has 0 aliphatic carbocycles. The average Bonchev–Trinajstić information content (AvgIpc) is 3.18. The second-order valence-corrected chi connectivity index (χ2v) is 7.53. The number of imidazole rings is 1. The molecule has 1 atom stereocenters. The quantitative estimate of drug-likeness (QED) is 0.707. The normalized spacial score (nSPS) is 12.9. The topological polar surface area (TPSA) is 99.2 Å². The van der Waals surface area contributed by atoms with Gasteiger partial charge in [0.2, 0.25) is 10.0 Å². The van der Waals surface area contributed by atoms with Crippen molar-refractivity contribution in [3.8, 4) is 5.75 Å². The zero-order valence-corrected chi connectivity index (χ0v) is 15.7. The van der Waals surface area contributed by atoms with Crippen molar-refractivity contribution < 1.29 is 17.7 Å². The van der Waals surface area contributed by atoms with E-state index in [4.69, 9.17) is 9.26 Å². The number of benzene rings is 1. The lowest BCUT2D eigenvalue weighted by Crippen LogP contribution is -2.31. The van der Waals surface area contributed by atoms with Crippen LogP contribution in [0.1, 0.15) is 28.9 Å². The molecule has 0 spiro atoms. The summed E-state index contributed by atoms with van der Waals surface area (Å²) in [7, 11) is -0.492. The predicted molar refractivity (Wildman–Crippen MR) is 94.3 cm³/mol. The summed E-state index contributed by atoms with van der Waals surface area (Å²) >= 11 is 0. The van der Waals surface area contributed by atoms with Crippen molar-refractivity contribution in [2.24, 2.45) is 7.05 Å². The van der Waals surface area contributed by atoms with E-state index in [1.807, 2.05) is 7.05 Å². The number of aromatic nitrogens is 3. The predicted octanol–water partition coefficient (Wildman–Crippen LogP) is 2.10. The van der Waals surface area contributed by atoms with Crippen molar-refractivity contribution in [2.75, 3.05) is 7.11 Å². The smallest absolute Gasteiger partial charge is 0.246 e. The number of aryl methyl sites for hydroxylation is 3. The van der Waals surface area contributed by atoms with E-state index in [0.29, 0.717) is 17.3 Å². The van der Waals surface area contributed by atoms with E-state index in [9.17, 15) is 8.42 Å². The largest absolute Gasteiger partial charge is 0.497 e. The van der Waals surface area contributed by atoms with Crippen molar-refractivity contribution in [3.63, 3.8) is 0 Å². The molecule has 9 heteroatoms. The summed E-state index contributed by atoms with van der Waals surface area (Å²) < 4.78 is 40.6. The molecule has 138 valence electrons. The third-order valence-corrected chi connectivity index (χ3v) is 5.74. The maximum absolute atomic E-state index is 13.0. The van der Waals surface area contributed by atoms with Gasteiger partial charge in [0.15, 0.2) is 5.76 Å². The second-order valence-electron chi connectivity index (χ2n) is 5.88. The molecule has 1 aromatic carbocycles. The van der Waals surface area contributed by atoms with Crippen LogP contribution in [0, 0.1) is 13.8 Å². The van der Waals surface area contributed by atoms with E-state index in [1.165, 1.54) is 0 Å². The van der Waals surface area contributed by atoms with Crippen LogP contribution in [0.5, 0.6) is 5.75 Å². The van der Waals surface area contributed by atoms with Crippen molar-refractivity contribution in [3.05, 3.63) is 59.5 Å². The minimum absolute atomic E-state index is 0.0465. The Labute approximate surface area is 151 Å². The number of methoxy groups -OCH3 is 1. The molecule has 0 bridgehead atoms. The van der Waals surface area contributed by atoms with Crippen LogP contribution in [0.15, 0.2) is 46.1 Å². The van der Waals surface area contributed by atoms with Crippen LogP contribution < -0.4 is 9.46 Å². The summed E-state index contributed by atoms with van der Waals surface area (Å²) in [4.78, 5) is 4.36. The summed E-state index contributed by atoms with van der Waals surface area (Å²) in [6, 6.07) is 6.46. The second kappa shape index (κ2) is 6.93. The molecular formula is C17H20N4O4S. The van der Waals surface area contributed by atoms with Gasteiger partial charge in [0.25, 0.3) is 0 Å². The van der Waals surface area contributed by atoms with E-state index in [-0.39, 0.29) is 10.7 Å². The van der Waals surface area contributed by atoms with Crippen LogP contribution in [0.3, 0.4) is 0 Å². The van der Waals surface area contributed by atoms with E-state index in [2.05, 4.69) is 14.9 Å². The lowest BCUT2D eigenvalue weighted by atomic mass is 10.1. The number of hydrogen-bond acceptors (Lipinski definition) is 6. The number of sulfonamides is 1. The van der Waals surface area contributed by atoms with Gasteiger partial charge >= 0.3 is 0 Å². The van der Waals surface area contributed by atoms with Crippen LogP contribution in [0.4, 0.5) is 0 Å². The zero-order chi connectivity index (χ0) is 18.9. The fourth-order valence-corrected chi connectivity index (χ4v) is 4.31. The Morgan fingerprint density at radius 1 is 1.23 bits per heavy atom. The molecule has 0 aliphatic rings. The lowest BCUT2D eigenvalue weighted by Gasteiger charge is -2.19. The fourth-order valence-electron chi connectivity index (χ4n) is 2.79. The molecule has 2 heterocycles. The van der Waals surface area contributed by atoms with Crippen LogP contribution in [0.2, 0.25) is 0 Å². The maximum atomic E-state index is 13.0. The molecule has 0 aliphatic heterocycles. The van der Waals surface area contributed by atoms with Gasteiger partial charge in [-0.2, -0.15) is 4.72 Å². The summed E-state index contributed by atoms with van der Waals surface area (Å²) in [5, 5.41) is 3.73. The number of nitrogens with one attached hydrogen (secondary N) is 1. The SMILES string of the molecule is COc1ccc([C@@H](NS(=O)(=O)c2c(C)noc2C)c2nccn2C)cc1. The number of hydrogen-bond donors (Lipinski definition) is 1. The molecule has 8 nitrogen and oxygen atoms in total. The molecule has 0 unspecified atom stereocenters. The number of rotatable bonds is 6. The molecule has 3 rings (SSSR count). The first-order chi connectivity index (χ1) is 12.3. The maximum Gasteiger partial charge on any atom is 0.246 e. The Morgan fingerprint density at radius 2 is 1.92 bits per heavy atom. The summed E-state index contributed by atoms with van der Waals surface area (Å²) in [6.45, 7) is 3.16. The highest BCUT2D eigenvalue weighted by Crippen LogP contribution is 2.27. The van der Waals surface area contributed by atoms with Gasteiger partial charge in [-0.15, -0.1) is 0 Å². The molecule has 2 aromatic heterocycles. The van der Waals surface area contributed by atoms with Gasteiger partial charge in [0, 0.05) is 19.4 Å². The van der Waals surface area contributed by atoms with Crippen molar-refractivity contribution >= 4 is 10.0 Å². The first-order valence-electron chi connectivity index (χ1n) is 7.90. The van der Waals surface area contributed by atoms with E-state index in [0.717, 1.165) is 5.56 Å². The Bertz CT molecular complexity index is 986. The van der Waals surface area contributed by atoms with Gasteiger partial charge < -0.3 is 13.8 Å². The monoisotopic (exact) mass is 376 g/mol. The van der Waals surface area contributed by atoms with Crippen molar-refractivity contribution in [1.82, 2.24) is 19.4 Å². The number of nitrogens with zero attached hydrogens (tertiary/aromatic N) is 3. The van der Waals surface area contributed by atoms with Gasteiger partial charge in [0.1, 0.15) is 28.2 Å². The molecule has 0 radical (unpaired) electrons. The Balaban J connectivity index is 2.05. The highest BCUT2D eigenvalue weighted by molar-refractivity contribution is 7.89. The van der Waals surface area contributed by atoms with Gasteiger partial charge in [-0.05, 0) is 31.5 Å². The Morgan fingerprint density at radius 3 is 2.42 bits per heavy atom. The Hall–Kier alpha value is -2.65. The summed E-state index contributed by atoms with van der Waals surface area (Å²) in [5.74, 6) is 1.48. The van der Waals surface area contributed by atoms with Crippen molar-refractivity contribution in [1.29, 1.82) is 0 Å². The zero-order valence-electron chi connectivity index (χ0n) is 14.9. The molecule has 3 aromatic rings. The fraction of sp³-hybridized carbons (Fsp3) is 0.294. The standard InChI is InChI=1S/C17H20N4O4S/c1-11-16(12(2)25-19-11)26(22,23)20-15(17-18-9-10-21(17)3)13-5-7-14(24-4)8-6-13/h5-10,15,20H,1-4H3/t15-/m1/s1. The Kier molecular flexibility index (Phi) is 4.84. The highest BCUT2D eigenvalue weighted by atomic mass is 32.2. The third kappa shape index (κ3) is 3.35. The first kappa shape index (κ1) is 18.2. The van der Waals surface area contributed by atoms with Crippen LogP contribution >= 0.6 is 0 Å². The molecule has 1 N–H and O–H groups in total. The molecule has 0 saturated heterocycles. The molecular weight excluding hydrogens is 356 g/mol. The molecule has 0 saturated carbocycles. The molecule has 0 amide bonds. The van der Waals surface area contributed by atoms with Crippen LogP contribution in [0.25, 0.3) is 0 Å². The lowest BCUT2D eigenvalue weighted by molar-refractivity contribution is 0.390.